The number of rotatable bonds is 4. The summed E-state index contributed by atoms with van der Waals surface area (Å²) < 4.78 is 0. The van der Waals surface area contributed by atoms with Crippen molar-refractivity contribution in [1.82, 2.24) is 0 Å². The first-order valence-electron chi connectivity index (χ1n) is 7.83. The Morgan fingerprint density at radius 2 is 1.61 bits per heavy atom. The van der Waals surface area contributed by atoms with Crippen molar-refractivity contribution >= 4 is 17.8 Å². The third-order valence-corrected chi connectivity index (χ3v) is 2.52. The van der Waals surface area contributed by atoms with Crippen LogP contribution in [-0.2, 0) is 16.0 Å². The van der Waals surface area contributed by atoms with Gasteiger partial charge in [0.05, 0.1) is 0 Å². The minimum absolute atomic E-state index is 0.167. The van der Waals surface area contributed by atoms with E-state index in [-0.39, 0.29) is 5.78 Å². The quantitative estimate of drug-likeness (QED) is 0.611. The minimum atomic E-state index is -0.920. The molecule has 0 fully saturated rings. The lowest BCUT2D eigenvalue weighted by Crippen LogP contribution is -1.90. The summed E-state index contributed by atoms with van der Waals surface area (Å²) in [6, 6.07) is 5.99. The fraction of sp³-hybridized carbons (Fsp3) is 0.400. The van der Waals surface area contributed by atoms with Gasteiger partial charge < -0.3 is 9.90 Å². The smallest absolute Gasteiger partial charge is 0.328 e. The Balaban J connectivity index is 0. The molecule has 1 rings (SSSR count). The second-order valence-electron chi connectivity index (χ2n) is 5.25. The van der Waals surface area contributed by atoms with E-state index in [0.29, 0.717) is 0 Å². The number of aliphatic carboxylic acids is 1. The van der Waals surface area contributed by atoms with Crippen LogP contribution in [0.25, 0.3) is 6.08 Å². The number of carbonyl (C=O) groups excluding carboxylic acids is 1. The molecule has 0 radical (unpaired) electrons. The van der Waals surface area contributed by atoms with Gasteiger partial charge in [0, 0.05) is 6.08 Å². The van der Waals surface area contributed by atoms with E-state index in [4.69, 9.17) is 5.11 Å². The van der Waals surface area contributed by atoms with Gasteiger partial charge in [0.2, 0.25) is 0 Å². The molecule has 3 heteroatoms. The van der Waals surface area contributed by atoms with Crippen molar-refractivity contribution in [2.45, 2.75) is 54.9 Å². The van der Waals surface area contributed by atoms with E-state index in [1.165, 1.54) is 30.5 Å². The number of carboxylic acids is 1. The zero-order chi connectivity index (χ0) is 18.4. The topological polar surface area (TPSA) is 54.4 Å². The third kappa shape index (κ3) is 14.5. The summed E-state index contributed by atoms with van der Waals surface area (Å²) in [5.41, 5.74) is 4.68. The molecule has 1 aromatic carbocycles. The number of hydrogen-bond acceptors (Lipinski definition) is 2. The van der Waals surface area contributed by atoms with Crippen molar-refractivity contribution in [2.24, 2.45) is 0 Å². The van der Waals surface area contributed by atoms with Gasteiger partial charge in [0.15, 0.2) is 0 Å². The van der Waals surface area contributed by atoms with Gasteiger partial charge in [0.25, 0.3) is 0 Å². The number of allylic oxidation sites excluding steroid dienone is 2. The Kier molecular flexibility index (Phi) is 13.6. The Morgan fingerprint density at radius 3 is 2.04 bits per heavy atom. The van der Waals surface area contributed by atoms with Gasteiger partial charge in [-0.05, 0) is 63.8 Å². The highest BCUT2D eigenvalue weighted by molar-refractivity contribution is 5.85. The van der Waals surface area contributed by atoms with E-state index in [9.17, 15) is 9.59 Å². The van der Waals surface area contributed by atoms with Crippen LogP contribution in [0.5, 0.6) is 0 Å². The van der Waals surface area contributed by atoms with Crippen LogP contribution in [0.3, 0.4) is 0 Å². The van der Waals surface area contributed by atoms with Crippen LogP contribution in [0, 0.1) is 6.92 Å². The molecule has 1 aromatic rings. The van der Waals surface area contributed by atoms with Gasteiger partial charge in [0.1, 0.15) is 5.78 Å². The monoisotopic (exact) mass is 318 g/mol. The molecule has 0 heterocycles. The molecule has 0 unspecified atom stereocenters. The van der Waals surface area contributed by atoms with Crippen LogP contribution in [0.2, 0.25) is 0 Å². The first kappa shape index (κ1) is 23.1. The average molecular weight is 318 g/mol. The molecule has 128 valence electrons. The lowest BCUT2D eigenvalue weighted by Gasteiger charge is -2.05. The van der Waals surface area contributed by atoms with Gasteiger partial charge >= 0.3 is 5.97 Å². The molecule has 0 saturated carbocycles. The number of aryl methyl sites for hydroxylation is 1. The lowest BCUT2D eigenvalue weighted by atomic mass is 10.0. The summed E-state index contributed by atoms with van der Waals surface area (Å²) in [7, 11) is 0. The second-order valence-corrected chi connectivity index (χ2v) is 5.25. The molecule has 0 aliphatic rings. The molecule has 0 amide bonds. The van der Waals surface area contributed by atoms with Crippen LogP contribution < -0.4 is 0 Å². The summed E-state index contributed by atoms with van der Waals surface area (Å²) in [4.78, 5) is 19.9. The largest absolute Gasteiger partial charge is 0.478 e. The summed E-state index contributed by atoms with van der Waals surface area (Å²) in [5, 5.41) is 8.58. The molecule has 0 bridgehead atoms. The number of ketones is 1. The highest BCUT2D eigenvalue weighted by Crippen LogP contribution is 2.14. The molecular formula is C20H30O3. The van der Waals surface area contributed by atoms with E-state index in [0.717, 1.165) is 18.1 Å². The number of hydrogen-bond donors (Lipinski definition) is 1. The van der Waals surface area contributed by atoms with E-state index in [1.807, 2.05) is 32.0 Å². The van der Waals surface area contributed by atoms with Crippen LogP contribution in [0.4, 0.5) is 0 Å². The van der Waals surface area contributed by atoms with Crippen molar-refractivity contribution in [3.05, 3.63) is 52.6 Å². The molecule has 0 atom stereocenters. The average Bonchev–Trinajstić information content (AvgIpc) is 2.46. The Hall–Kier alpha value is -2.16. The molecule has 1 N–H and O–H groups in total. The normalized spacial score (nSPS) is 9.17. The number of carbonyl (C=O) groups is 2. The van der Waals surface area contributed by atoms with Crippen molar-refractivity contribution in [3.63, 3.8) is 0 Å². The van der Waals surface area contributed by atoms with Crippen molar-refractivity contribution in [1.29, 1.82) is 0 Å². The maximum atomic E-state index is 10.4. The zero-order valence-electron chi connectivity index (χ0n) is 15.4. The van der Waals surface area contributed by atoms with Gasteiger partial charge in [-0.1, -0.05) is 43.7 Å². The minimum Gasteiger partial charge on any atom is -0.478 e. The Labute approximate surface area is 140 Å². The van der Waals surface area contributed by atoms with E-state index >= 15 is 0 Å². The summed E-state index contributed by atoms with van der Waals surface area (Å²) in [6.07, 6.45) is 5.85. The van der Waals surface area contributed by atoms with Gasteiger partial charge in [-0.15, -0.1) is 0 Å². The zero-order valence-corrected chi connectivity index (χ0v) is 15.4. The Bertz CT molecular complexity index is 544. The van der Waals surface area contributed by atoms with Crippen molar-refractivity contribution in [2.75, 3.05) is 0 Å². The summed E-state index contributed by atoms with van der Waals surface area (Å²) >= 11 is 0. The van der Waals surface area contributed by atoms with Gasteiger partial charge in [-0.25, -0.2) is 4.79 Å². The first-order valence-corrected chi connectivity index (χ1v) is 7.83. The molecule has 0 aliphatic heterocycles. The fourth-order valence-electron chi connectivity index (χ4n) is 1.50. The highest BCUT2D eigenvalue weighted by Gasteiger charge is 1.98. The van der Waals surface area contributed by atoms with Crippen molar-refractivity contribution in [3.8, 4) is 0 Å². The van der Waals surface area contributed by atoms with E-state index in [2.05, 4.69) is 26.8 Å². The predicted octanol–water partition coefficient (Wildman–Crippen LogP) is 5.22. The predicted molar refractivity (Wildman–Crippen MR) is 98.7 cm³/mol. The maximum absolute atomic E-state index is 10.4. The third-order valence-electron chi connectivity index (χ3n) is 2.52. The molecule has 0 aliphatic carbocycles. The molecular weight excluding hydrogens is 288 g/mol. The molecule has 3 nitrogen and oxygen atoms in total. The van der Waals surface area contributed by atoms with Crippen LogP contribution >= 0.6 is 0 Å². The standard InChI is InChI=1S/C15H18O2.C3H6O.C2H6/c1-11(2)4-8-14-10-13(6-5-12(14)3)7-9-15(16)17;1-3(2)4;1-2/h4-7,9-10H,8H2,1-3H3,(H,16,17);1-2H3;1-2H3/b9-7+;;. The fourth-order valence-corrected chi connectivity index (χ4v) is 1.50. The number of Topliss-reactive ketones (excluding diaryl/α,β-unsaturated/α-hetero) is 1. The maximum Gasteiger partial charge on any atom is 0.328 e. The van der Waals surface area contributed by atoms with E-state index < -0.39 is 5.97 Å². The molecule has 23 heavy (non-hydrogen) atoms. The number of benzene rings is 1. The van der Waals surface area contributed by atoms with Crippen LogP contribution in [0.15, 0.2) is 35.9 Å². The van der Waals surface area contributed by atoms with Crippen LogP contribution in [-0.4, -0.2) is 16.9 Å². The lowest BCUT2D eigenvalue weighted by molar-refractivity contribution is -0.131. The summed E-state index contributed by atoms with van der Waals surface area (Å²) in [5.74, 6) is -0.753. The SMILES string of the molecule is CC.CC(C)=CCc1cc(/C=C/C(=O)O)ccc1C.CC(C)=O. The number of carboxylic acid groups (broad SMARTS) is 1. The second kappa shape index (κ2) is 13.5. The van der Waals surface area contributed by atoms with Crippen LogP contribution in [0.1, 0.15) is 58.2 Å². The molecule has 0 aromatic heterocycles. The molecule has 0 spiro atoms. The summed E-state index contributed by atoms with van der Waals surface area (Å²) in [6.45, 7) is 13.3. The van der Waals surface area contributed by atoms with E-state index in [1.54, 1.807) is 6.08 Å². The molecule has 0 saturated heterocycles. The van der Waals surface area contributed by atoms with Gasteiger partial charge in [-0.2, -0.15) is 0 Å². The van der Waals surface area contributed by atoms with Crippen molar-refractivity contribution < 1.29 is 14.7 Å². The van der Waals surface area contributed by atoms with Gasteiger partial charge in [-0.3, -0.25) is 0 Å². The Morgan fingerprint density at radius 1 is 1.09 bits per heavy atom. The highest BCUT2D eigenvalue weighted by atomic mass is 16.4. The first-order chi connectivity index (χ1) is 10.7.